The SMILES string of the molecule is CCOC(=O)Cc1ccccc1OCc1cc(Cl)cn2ccnc12. The van der Waals surface area contributed by atoms with Gasteiger partial charge >= 0.3 is 5.97 Å². The number of para-hydroxylation sites is 1. The molecule has 0 aliphatic heterocycles. The van der Waals surface area contributed by atoms with Crippen LogP contribution in [0.4, 0.5) is 0 Å². The molecule has 3 rings (SSSR count). The number of carbonyl (C=O) groups excluding carboxylic acids is 1. The van der Waals surface area contributed by atoms with Crippen molar-refractivity contribution < 1.29 is 14.3 Å². The zero-order valence-electron chi connectivity index (χ0n) is 13.2. The zero-order chi connectivity index (χ0) is 16.9. The lowest BCUT2D eigenvalue weighted by Crippen LogP contribution is -2.09. The van der Waals surface area contributed by atoms with Crippen LogP contribution in [0.1, 0.15) is 18.1 Å². The Morgan fingerprint density at radius 2 is 2.12 bits per heavy atom. The van der Waals surface area contributed by atoms with Crippen LogP contribution >= 0.6 is 11.6 Å². The summed E-state index contributed by atoms with van der Waals surface area (Å²) >= 11 is 6.13. The Labute approximate surface area is 144 Å². The maximum atomic E-state index is 11.7. The minimum Gasteiger partial charge on any atom is -0.488 e. The highest BCUT2D eigenvalue weighted by molar-refractivity contribution is 6.30. The molecule has 0 aliphatic rings. The van der Waals surface area contributed by atoms with Crippen LogP contribution in [0.25, 0.3) is 5.65 Å². The van der Waals surface area contributed by atoms with Crippen LogP contribution in [-0.4, -0.2) is 22.0 Å². The second-order valence-corrected chi connectivity index (χ2v) is 5.66. The topological polar surface area (TPSA) is 52.8 Å². The molecule has 1 aromatic carbocycles. The van der Waals surface area contributed by atoms with Gasteiger partial charge in [0.05, 0.1) is 18.1 Å². The van der Waals surface area contributed by atoms with E-state index in [4.69, 9.17) is 21.1 Å². The number of esters is 1. The van der Waals surface area contributed by atoms with Gasteiger partial charge in [-0.3, -0.25) is 4.79 Å². The third-order valence-corrected chi connectivity index (χ3v) is 3.73. The van der Waals surface area contributed by atoms with Crippen molar-refractivity contribution in [3.8, 4) is 5.75 Å². The van der Waals surface area contributed by atoms with Crippen molar-refractivity contribution in [2.75, 3.05) is 6.61 Å². The fraction of sp³-hybridized carbons (Fsp3) is 0.222. The van der Waals surface area contributed by atoms with Gasteiger partial charge in [-0.25, -0.2) is 4.98 Å². The summed E-state index contributed by atoms with van der Waals surface area (Å²) in [5, 5.41) is 0.610. The van der Waals surface area contributed by atoms with E-state index in [1.54, 1.807) is 19.3 Å². The summed E-state index contributed by atoms with van der Waals surface area (Å²) in [6, 6.07) is 9.26. The first kappa shape index (κ1) is 16.3. The van der Waals surface area contributed by atoms with E-state index in [1.165, 1.54) is 0 Å². The summed E-state index contributed by atoms with van der Waals surface area (Å²) in [6.45, 7) is 2.46. The molecule has 124 valence electrons. The second-order valence-electron chi connectivity index (χ2n) is 5.22. The summed E-state index contributed by atoms with van der Waals surface area (Å²) < 4.78 is 12.8. The van der Waals surface area contributed by atoms with Gasteiger partial charge in [0, 0.05) is 29.7 Å². The Hall–Kier alpha value is -2.53. The van der Waals surface area contributed by atoms with E-state index >= 15 is 0 Å². The molecule has 0 radical (unpaired) electrons. The second kappa shape index (κ2) is 7.36. The number of hydrogen-bond acceptors (Lipinski definition) is 4. The van der Waals surface area contributed by atoms with E-state index in [9.17, 15) is 4.79 Å². The molecule has 0 aliphatic carbocycles. The van der Waals surface area contributed by atoms with Gasteiger partial charge in [-0.15, -0.1) is 0 Å². The molecule has 0 atom stereocenters. The monoisotopic (exact) mass is 344 g/mol. The number of ether oxygens (including phenoxy) is 2. The van der Waals surface area contributed by atoms with Gasteiger partial charge in [0.15, 0.2) is 0 Å². The fourth-order valence-corrected chi connectivity index (χ4v) is 2.72. The van der Waals surface area contributed by atoms with Crippen molar-refractivity contribution in [2.45, 2.75) is 20.0 Å². The fourth-order valence-electron chi connectivity index (χ4n) is 2.49. The molecule has 0 saturated heterocycles. The maximum Gasteiger partial charge on any atom is 0.310 e. The van der Waals surface area contributed by atoms with Crippen LogP contribution in [0.3, 0.4) is 0 Å². The Balaban J connectivity index is 1.79. The van der Waals surface area contributed by atoms with Gasteiger partial charge in [-0.1, -0.05) is 29.8 Å². The third kappa shape index (κ3) is 3.68. The molecule has 0 saturated carbocycles. The van der Waals surface area contributed by atoms with Crippen molar-refractivity contribution in [1.82, 2.24) is 9.38 Å². The number of carbonyl (C=O) groups is 1. The van der Waals surface area contributed by atoms with E-state index in [0.29, 0.717) is 24.0 Å². The van der Waals surface area contributed by atoms with Crippen LogP contribution in [0.2, 0.25) is 5.02 Å². The smallest absolute Gasteiger partial charge is 0.310 e. The molecule has 0 N–H and O–H groups in total. The van der Waals surface area contributed by atoms with Gasteiger partial charge in [0.2, 0.25) is 0 Å². The van der Waals surface area contributed by atoms with Crippen LogP contribution in [-0.2, 0) is 22.6 Å². The number of hydrogen-bond donors (Lipinski definition) is 0. The Kier molecular flexibility index (Phi) is 5.01. The molecule has 0 fully saturated rings. The number of nitrogens with zero attached hydrogens (tertiary/aromatic N) is 2. The van der Waals surface area contributed by atoms with Crippen molar-refractivity contribution in [3.63, 3.8) is 0 Å². The molecule has 5 nitrogen and oxygen atoms in total. The van der Waals surface area contributed by atoms with E-state index in [2.05, 4.69) is 4.98 Å². The summed E-state index contributed by atoms with van der Waals surface area (Å²) in [7, 11) is 0. The first-order chi connectivity index (χ1) is 11.7. The molecule has 0 spiro atoms. The van der Waals surface area contributed by atoms with Crippen molar-refractivity contribution in [3.05, 3.63) is 65.1 Å². The summed E-state index contributed by atoms with van der Waals surface area (Å²) in [5.74, 6) is 0.377. The molecule has 0 amide bonds. The van der Waals surface area contributed by atoms with Crippen LogP contribution in [0.5, 0.6) is 5.75 Å². The van der Waals surface area contributed by atoms with Gasteiger partial charge in [0.25, 0.3) is 0 Å². The first-order valence-corrected chi connectivity index (χ1v) is 8.02. The number of rotatable bonds is 6. The van der Waals surface area contributed by atoms with E-state index < -0.39 is 0 Å². The number of imidazole rings is 1. The molecule has 0 bridgehead atoms. The molecule has 2 aromatic heterocycles. The zero-order valence-corrected chi connectivity index (χ0v) is 14.0. The molecular formula is C18H17ClN2O3. The molecule has 2 heterocycles. The standard InChI is InChI=1S/C18H17ClN2O3/c1-2-23-17(22)10-13-5-3-4-6-16(13)24-12-14-9-15(19)11-21-8-7-20-18(14)21/h3-9,11H,2,10,12H2,1H3. The lowest BCUT2D eigenvalue weighted by molar-refractivity contribution is -0.142. The Bertz CT molecular complexity index is 860. The number of fused-ring (bicyclic) bond motifs is 1. The number of halogens is 1. The number of aromatic nitrogens is 2. The van der Waals surface area contributed by atoms with E-state index in [0.717, 1.165) is 16.8 Å². The van der Waals surface area contributed by atoms with Gasteiger partial charge in [-0.05, 0) is 19.1 Å². The normalized spacial score (nSPS) is 10.8. The average molecular weight is 345 g/mol. The van der Waals surface area contributed by atoms with Gasteiger partial charge < -0.3 is 13.9 Å². The average Bonchev–Trinajstić information content (AvgIpc) is 3.02. The molecule has 3 aromatic rings. The highest BCUT2D eigenvalue weighted by Gasteiger charge is 2.11. The lowest BCUT2D eigenvalue weighted by Gasteiger charge is -2.12. The summed E-state index contributed by atoms with van der Waals surface area (Å²) in [4.78, 5) is 16.0. The largest absolute Gasteiger partial charge is 0.488 e. The minimum atomic E-state index is -0.271. The number of benzene rings is 1. The van der Waals surface area contributed by atoms with Crippen LogP contribution in [0, 0.1) is 0 Å². The van der Waals surface area contributed by atoms with Crippen LogP contribution in [0.15, 0.2) is 48.9 Å². The molecule has 6 heteroatoms. The highest BCUT2D eigenvalue weighted by Crippen LogP contribution is 2.22. The van der Waals surface area contributed by atoms with E-state index in [1.807, 2.05) is 40.9 Å². The predicted molar refractivity (Wildman–Crippen MR) is 91.3 cm³/mol. The molecular weight excluding hydrogens is 328 g/mol. The number of pyridine rings is 1. The maximum absolute atomic E-state index is 11.7. The van der Waals surface area contributed by atoms with Gasteiger partial charge in [0.1, 0.15) is 18.0 Å². The van der Waals surface area contributed by atoms with Crippen molar-refractivity contribution in [1.29, 1.82) is 0 Å². The Morgan fingerprint density at radius 3 is 2.96 bits per heavy atom. The van der Waals surface area contributed by atoms with Crippen molar-refractivity contribution in [2.24, 2.45) is 0 Å². The lowest BCUT2D eigenvalue weighted by atomic mass is 10.1. The quantitative estimate of drug-likeness (QED) is 0.640. The summed E-state index contributed by atoms with van der Waals surface area (Å²) in [5.41, 5.74) is 2.46. The van der Waals surface area contributed by atoms with Gasteiger partial charge in [-0.2, -0.15) is 0 Å². The van der Waals surface area contributed by atoms with Crippen LogP contribution < -0.4 is 4.74 Å². The third-order valence-electron chi connectivity index (χ3n) is 3.53. The van der Waals surface area contributed by atoms with E-state index in [-0.39, 0.29) is 12.4 Å². The Morgan fingerprint density at radius 1 is 1.29 bits per heavy atom. The first-order valence-electron chi connectivity index (χ1n) is 7.64. The minimum absolute atomic E-state index is 0.179. The highest BCUT2D eigenvalue weighted by atomic mass is 35.5. The summed E-state index contributed by atoms with van der Waals surface area (Å²) in [6.07, 6.45) is 5.52. The predicted octanol–water partition coefficient (Wildman–Crippen LogP) is 3.67. The molecule has 24 heavy (non-hydrogen) atoms. The molecule has 0 unspecified atom stereocenters. The van der Waals surface area contributed by atoms with Crippen molar-refractivity contribution >= 4 is 23.2 Å².